The Bertz CT molecular complexity index is 658. The fourth-order valence-electron chi connectivity index (χ4n) is 2.78. The van der Waals surface area contributed by atoms with Crippen molar-refractivity contribution in [3.63, 3.8) is 0 Å². The fourth-order valence-corrected chi connectivity index (χ4v) is 2.78. The van der Waals surface area contributed by atoms with Crippen LogP contribution in [0.2, 0.25) is 0 Å². The number of hydrogen-bond donors (Lipinski definition) is 9. The summed E-state index contributed by atoms with van der Waals surface area (Å²) in [6, 6.07) is 0. The molecule has 0 aromatic heterocycles. The zero-order valence-corrected chi connectivity index (χ0v) is 14.2. The maximum atomic E-state index is 12.2. The predicted octanol–water partition coefficient (Wildman–Crippen LogP) is -4.00. The standard InChI is InChI=1S/C14H20O14/c15-5-7(17)13(27,3-10(22)23)14(28,4-11(24)25)12(26,2-9(20)21)6(16)1-8(18)19/h7,15,17,26-28H,1-5H2,(H,18,19)(H,20,21)(H,22,23)(H,24,25)/t7-,12+,13-,14-/m1/s1. The van der Waals surface area contributed by atoms with Crippen molar-refractivity contribution in [3.05, 3.63) is 0 Å². The quantitative estimate of drug-likeness (QED) is 0.130. The number of carbonyl (C=O) groups is 5. The average Bonchev–Trinajstić information content (AvgIpc) is 2.50. The highest BCUT2D eigenvalue weighted by Gasteiger charge is 2.69. The van der Waals surface area contributed by atoms with Gasteiger partial charge in [-0.2, -0.15) is 0 Å². The molecule has 0 unspecified atom stereocenters. The third-order valence-electron chi connectivity index (χ3n) is 4.13. The third-order valence-corrected chi connectivity index (χ3v) is 4.13. The SMILES string of the molecule is O=C(O)CC(=O)[C@@](O)(CC(=O)O)[C@](O)(CC(=O)O)[C@@](O)(CC(=O)O)[C@H](O)CO. The largest absolute Gasteiger partial charge is 0.481 e. The summed E-state index contributed by atoms with van der Waals surface area (Å²) in [6.07, 6.45) is -9.86. The zero-order valence-electron chi connectivity index (χ0n) is 14.2. The molecule has 0 heterocycles. The number of hydrogen-bond acceptors (Lipinski definition) is 10. The Balaban J connectivity index is 6.97. The molecule has 14 heteroatoms. The van der Waals surface area contributed by atoms with Gasteiger partial charge in [0, 0.05) is 0 Å². The molecular formula is C14H20O14. The molecule has 0 aromatic carbocycles. The summed E-state index contributed by atoms with van der Waals surface area (Å²) in [5.74, 6) is -10.1. The van der Waals surface area contributed by atoms with Crippen LogP contribution in [-0.2, 0) is 24.0 Å². The topological polar surface area (TPSA) is 267 Å². The number of aliphatic carboxylic acids is 4. The molecule has 0 saturated carbocycles. The van der Waals surface area contributed by atoms with E-state index in [4.69, 9.17) is 25.5 Å². The van der Waals surface area contributed by atoms with Gasteiger partial charge in [-0.25, -0.2) is 0 Å². The summed E-state index contributed by atoms with van der Waals surface area (Å²) in [7, 11) is 0. The number of carboxylic acids is 4. The maximum absolute atomic E-state index is 12.2. The van der Waals surface area contributed by atoms with E-state index in [0.29, 0.717) is 0 Å². The van der Waals surface area contributed by atoms with Crippen LogP contribution in [0.4, 0.5) is 0 Å². The molecule has 0 aliphatic rings. The van der Waals surface area contributed by atoms with Crippen LogP contribution < -0.4 is 0 Å². The molecule has 0 spiro atoms. The van der Waals surface area contributed by atoms with E-state index < -0.39 is 84.9 Å². The van der Waals surface area contributed by atoms with Crippen LogP contribution in [-0.4, -0.2) is 105 Å². The first kappa shape index (κ1) is 25.4. The van der Waals surface area contributed by atoms with E-state index in [2.05, 4.69) is 0 Å². The highest BCUT2D eigenvalue weighted by atomic mass is 16.4. The van der Waals surface area contributed by atoms with Crippen LogP contribution in [0.25, 0.3) is 0 Å². The van der Waals surface area contributed by atoms with Gasteiger partial charge in [0.1, 0.15) is 23.7 Å². The number of aliphatic hydroxyl groups excluding tert-OH is 2. The van der Waals surface area contributed by atoms with E-state index >= 15 is 0 Å². The summed E-state index contributed by atoms with van der Waals surface area (Å²) < 4.78 is 0. The first-order chi connectivity index (χ1) is 12.6. The molecule has 0 rings (SSSR count). The van der Waals surface area contributed by atoms with Gasteiger partial charge in [0.2, 0.25) is 0 Å². The lowest BCUT2D eigenvalue weighted by molar-refractivity contribution is -0.275. The molecule has 0 radical (unpaired) electrons. The number of ketones is 1. The van der Waals surface area contributed by atoms with E-state index in [1.807, 2.05) is 0 Å². The Morgan fingerprint density at radius 1 is 0.714 bits per heavy atom. The van der Waals surface area contributed by atoms with Gasteiger partial charge in [-0.1, -0.05) is 0 Å². The summed E-state index contributed by atoms with van der Waals surface area (Å²) in [4.78, 5) is 56.4. The summed E-state index contributed by atoms with van der Waals surface area (Å²) in [5.41, 5.74) is -11.5. The maximum Gasteiger partial charge on any atom is 0.310 e. The van der Waals surface area contributed by atoms with Crippen LogP contribution >= 0.6 is 0 Å². The van der Waals surface area contributed by atoms with Crippen LogP contribution in [0.5, 0.6) is 0 Å². The van der Waals surface area contributed by atoms with Gasteiger partial charge in [0.25, 0.3) is 0 Å². The van der Waals surface area contributed by atoms with Crippen LogP contribution in [0.15, 0.2) is 0 Å². The molecule has 28 heavy (non-hydrogen) atoms. The van der Waals surface area contributed by atoms with Crippen LogP contribution in [0, 0.1) is 0 Å². The van der Waals surface area contributed by atoms with Gasteiger partial charge >= 0.3 is 23.9 Å². The van der Waals surface area contributed by atoms with Crippen molar-refractivity contribution < 1.29 is 69.9 Å². The predicted molar refractivity (Wildman–Crippen MR) is 82.0 cm³/mol. The minimum atomic E-state index is -3.95. The Morgan fingerprint density at radius 3 is 1.46 bits per heavy atom. The first-order valence-corrected chi connectivity index (χ1v) is 7.44. The van der Waals surface area contributed by atoms with E-state index in [1.165, 1.54) is 0 Å². The van der Waals surface area contributed by atoms with Crippen molar-refractivity contribution in [2.45, 2.75) is 48.6 Å². The molecule has 0 amide bonds. The first-order valence-electron chi connectivity index (χ1n) is 7.44. The molecular weight excluding hydrogens is 392 g/mol. The van der Waals surface area contributed by atoms with E-state index in [9.17, 15) is 44.4 Å². The summed E-state index contributed by atoms with van der Waals surface area (Å²) >= 11 is 0. The van der Waals surface area contributed by atoms with Gasteiger partial charge in [0.15, 0.2) is 11.4 Å². The van der Waals surface area contributed by atoms with Gasteiger partial charge in [-0.3, -0.25) is 24.0 Å². The monoisotopic (exact) mass is 412 g/mol. The van der Waals surface area contributed by atoms with Crippen molar-refractivity contribution in [3.8, 4) is 0 Å². The molecule has 4 atom stereocenters. The normalized spacial score (nSPS) is 18.8. The lowest BCUT2D eigenvalue weighted by atomic mass is 9.62. The third kappa shape index (κ3) is 4.99. The van der Waals surface area contributed by atoms with Crippen molar-refractivity contribution in [1.29, 1.82) is 0 Å². The summed E-state index contributed by atoms with van der Waals surface area (Å²) in [6.45, 7) is -1.51. The van der Waals surface area contributed by atoms with Gasteiger partial charge in [-0.15, -0.1) is 0 Å². The second kappa shape index (κ2) is 9.03. The van der Waals surface area contributed by atoms with Crippen LogP contribution in [0.3, 0.4) is 0 Å². The molecule has 160 valence electrons. The lowest BCUT2D eigenvalue weighted by Gasteiger charge is -2.51. The Labute approximate surface area is 155 Å². The number of Topliss-reactive ketones (excluding diaryl/α,β-unsaturated/α-hetero) is 1. The highest BCUT2D eigenvalue weighted by Crippen LogP contribution is 2.43. The van der Waals surface area contributed by atoms with Crippen molar-refractivity contribution in [2.24, 2.45) is 0 Å². The van der Waals surface area contributed by atoms with Crippen molar-refractivity contribution in [2.75, 3.05) is 6.61 Å². The van der Waals surface area contributed by atoms with Gasteiger partial charge in [0.05, 0.1) is 25.9 Å². The van der Waals surface area contributed by atoms with E-state index in [-0.39, 0.29) is 0 Å². The van der Waals surface area contributed by atoms with Crippen molar-refractivity contribution in [1.82, 2.24) is 0 Å². The number of carboxylic acid groups (broad SMARTS) is 4. The highest BCUT2D eigenvalue weighted by molar-refractivity contribution is 6.02. The Morgan fingerprint density at radius 2 is 1.14 bits per heavy atom. The molecule has 0 saturated heterocycles. The molecule has 14 nitrogen and oxygen atoms in total. The van der Waals surface area contributed by atoms with E-state index in [1.54, 1.807) is 0 Å². The van der Waals surface area contributed by atoms with Crippen LogP contribution in [0.1, 0.15) is 25.7 Å². The van der Waals surface area contributed by atoms with Gasteiger partial charge < -0.3 is 46.0 Å². The average molecular weight is 412 g/mol. The molecule has 0 aromatic rings. The number of rotatable bonds is 13. The van der Waals surface area contributed by atoms with E-state index in [0.717, 1.165) is 0 Å². The summed E-state index contributed by atoms with van der Waals surface area (Å²) in [5, 5.41) is 86.5. The minimum Gasteiger partial charge on any atom is -0.481 e. The smallest absolute Gasteiger partial charge is 0.310 e. The molecule has 0 aliphatic carbocycles. The second-order valence-corrected chi connectivity index (χ2v) is 6.05. The number of carbonyl (C=O) groups excluding carboxylic acids is 1. The molecule has 0 bridgehead atoms. The minimum absolute atomic E-state index is 1.51. The van der Waals surface area contributed by atoms with Crippen molar-refractivity contribution >= 4 is 29.7 Å². The second-order valence-electron chi connectivity index (χ2n) is 6.05. The lowest BCUT2D eigenvalue weighted by Crippen LogP contribution is -2.76. The number of aliphatic hydroxyl groups is 5. The fraction of sp³-hybridized carbons (Fsp3) is 0.643. The molecule has 9 N–H and O–H groups in total. The molecule has 0 aliphatic heterocycles. The molecule has 0 fully saturated rings. The zero-order chi connectivity index (χ0) is 22.5. The Hall–Kier alpha value is -2.65. The van der Waals surface area contributed by atoms with Gasteiger partial charge in [-0.05, 0) is 0 Å². The Kier molecular flexibility index (Phi) is 8.17.